The first-order valence-electron chi connectivity index (χ1n) is 4.62. The van der Waals surface area contributed by atoms with Crippen molar-refractivity contribution in [3.63, 3.8) is 0 Å². The smallest absolute Gasteiger partial charge is 0.117 e. The van der Waals surface area contributed by atoms with E-state index in [1.807, 2.05) is 12.1 Å². The van der Waals surface area contributed by atoms with Gasteiger partial charge in [-0.1, -0.05) is 12.0 Å². The molecular formula is C9H14N4O. The molecule has 1 heterocycles. The lowest BCUT2D eigenvalue weighted by Crippen LogP contribution is -2.25. The largest absolute Gasteiger partial charge is 0.468 e. The van der Waals surface area contributed by atoms with Gasteiger partial charge in [0.2, 0.25) is 0 Å². The van der Waals surface area contributed by atoms with Crippen molar-refractivity contribution < 1.29 is 4.42 Å². The van der Waals surface area contributed by atoms with E-state index in [0.717, 1.165) is 25.4 Å². The topological polar surface area (TPSA) is 65.1 Å². The molecule has 0 radical (unpaired) electrons. The highest BCUT2D eigenvalue weighted by atomic mass is 16.3. The number of rotatable bonds is 6. The number of hydrogen-bond donors (Lipinski definition) is 0. The van der Waals surface area contributed by atoms with E-state index in [-0.39, 0.29) is 0 Å². The Kier molecular flexibility index (Phi) is 4.61. The van der Waals surface area contributed by atoms with Crippen molar-refractivity contribution in [1.82, 2.24) is 4.90 Å². The van der Waals surface area contributed by atoms with E-state index in [2.05, 4.69) is 21.8 Å². The molecule has 1 aromatic heterocycles. The summed E-state index contributed by atoms with van der Waals surface area (Å²) in [7, 11) is 0. The molecule has 0 atom stereocenters. The van der Waals surface area contributed by atoms with Gasteiger partial charge in [0.15, 0.2) is 0 Å². The summed E-state index contributed by atoms with van der Waals surface area (Å²) in [5.74, 6) is 0.938. The fourth-order valence-electron chi connectivity index (χ4n) is 1.20. The zero-order valence-electron chi connectivity index (χ0n) is 8.26. The lowest BCUT2D eigenvalue weighted by Gasteiger charge is -2.17. The van der Waals surface area contributed by atoms with Crippen LogP contribution in [0, 0.1) is 0 Å². The molecule has 0 N–H and O–H groups in total. The fourth-order valence-corrected chi connectivity index (χ4v) is 1.20. The van der Waals surface area contributed by atoms with Crippen LogP contribution in [0.3, 0.4) is 0 Å². The van der Waals surface area contributed by atoms with Crippen molar-refractivity contribution in [3.05, 3.63) is 34.6 Å². The molecule has 5 heteroatoms. The zero-order chi connectivity index (χ0) is 10.2. The van der Waals surface area contributed by atoms with Crippen molar-refractivity contribution in [2.45, 2.75) is 13.5 Å². The second-order valence-electron chi connectivity index (χ2n) is 2.90. The number of nitrogens with zero attached hydrogens (tertiary/aromatic N) is 4. The number of likely N-dealkylation sites (N-methyl/N-ethyl adjacent to an activating group) is 1. The summed E-state index contributed by atoms with van der Waals surface area (Å²) in [4.78, 5) is 4.87. The molecule has 1 rings (SSSR count). The molecule has 76 valence electrons. The molecule has 0 aliphatic heterocycles. The maximum Gasteiger partial charge on any atom is 0.117 e. The van der Waals surface area contributed by atoms with Gasteiger partial charge in [-0.25, -0.2) is 0 Å². The van der Waals surface area contributed by atoms with Gasteiger partial charge in [0.05, 0.1) is 12.8 Å². The van der Waals surface area contributed by atoms with Crippen LogP contribution in [0.4, 0.5) is 0 Å². The Hall–Kier alpha value is -1.45. The van der Waals surface area contributed by atoms with Crippen LogP contribution in [-0.4, -0.2) is 24.5 Å². The second-order valence-corrected chi connectivity index (χ2v) is 2.90. The average Bonchev–Trinajstić information content (AvgIpc) is 2.69. The van der Waals surface area contributed by atoms with Gasteiger partial charge in [-0.2, -0.15) is 0 Å². The van der Waals surface area contributed by atoms with Crippen molar-refractivity contribution in [2.24, 2.45) is 5.11 Å². The van der Waals surface area contributed by atoms with E-state index >= 15 is 0 Å². The number of hydrogen-bond acceptors (Lipinski definition) is 3. The molecule has 0 aliphatic carbocycles. The normalized spacial score (nSPS) is 10.1. The van der Waals surface area contributed by atoms with Gasteiger partial charge in [0.1, 0.15) is 5.76 Å². The summed E-state index contributed by atoms with van der Waals surface area (Å²) in [5.41, 5.74) is 8.13. The minimum Gasteiger partial charge on any atom is -0.468 e. The molecule has 0 fully saturated rings. The van der Waals surface area contributed by atoms with Crippen LogP contribution in [-0.2, 0) is 6.54 Å². The summed E-state index contributed by atoms with van der Waals surface area (Å²) in [6.45, 7) is 5.03. The first kappa shape index (κ1) is 10.6. The molecule has 1 aromatic rings. The van der Waals surface area contributed by atoms with E-state index in [0.29, 0.717) is 6.54 Å². The summed E-state index contributed by atoms with van der Waals surface area (Å²) in [6, 6.07) is 3.81. The van der Waals surface area contributed by atoms with E-state index in [1.165, 1.54) is 0 Å². The van der Waals surface area contributed by atoms with E-state index in [1.54, 1.807) is 6.26 Å². The van der Waals surface area contributed by atoms with Crippen LogP contribution in [0.1, 0.15) is 12.7 Å². The van der Waals surface area contributed by atoms with Crippen LogP contribution in [0.15, 0.2) is 27.9 Å². The minimum absolute atomic E-state index is 0.505. The summed E-state index contributed by atoms with van der Waals surface area (Å²) in [5, 5.41) is 3.50. The summed E-state index contributed by atoms with van der Waals surface area (Å²) < 4.78 is 5.23. The van der Waals surface area contributed by atoms with Gasteiger partial charge in [0.25, 0.3) is 0 Å². The minimum atomic E-state index is 0.505. The van der Waals surface area contributed by atoms with Crippen molar-refractivity contribution in [1.29, 1.82) is 0 Å². The molecular weight excluding hydrogens is 180 g/mol. The lowest BCUT2D eigenvalue weighted by atomic mass is 10.4. The van der Waals surface area contributed by atoms with Gasteiger partial charge in [-0.3, -0.25) is 4.90 Å². The van der Waals surface area contributed by atoms with Crippen LogP contribution >= 0.6 is 0 Å². The van der Waals surface area contributed by atoms with E-state index < -0.39 is 0 Å². The highest BCUT2D eigenvalue weighted by molar-refractivity contribution is 4.97. The molecule has 5 nitrogen and oxygen atoms in total. The van der Waals surface area contributed by atoms with Crippen molar-refractivity contribution >= 4 is 0 Å². The average molecular weight is 194 g/mol. The van der Waals surface area contributed by atoms with Crippen molar-refractivity contribution in [3.8, 4) is 0 Å². The van der Waals surface area contributed by atoms with E-state index in [9.17, 15) is 0 Å². The van der Waals surface area contributed by atoms with Gasteiger partial charge >= 0.3 is 0 Å². The standard InChI is InChI=1S/C9H14N4O/c1-2-13(6-5-11-12-10)8-9-4-3-7-14-9/h3-4,7H,2,5-6,8H2,1H3. The predicted molar refractivity (Wildman–Crippen MR) is 53.7 cm³/mol. The second kappa shape index (κ2) is 6.07. The summed E-state index contributed by atoms with van der Waals surface area (Å²) >= 11 is 0. The van der Waals surface area contributed by atoms with Gasteiger partial charge < -0.3 is 4.42 Å². The van der Waals surface area contributed by atoms with E-state index in [4.69, 9.17) is 9.95 Å². The molecule has 0 aliphatic rings. The Labute approximate surface area is 82.9 Å². The first-order chi connectivity index (χ1) is 6.86. The molecule has 0 aromatic carbocycles. The molecule has 0 amide bonds. The van der Waals surface area contributed by atoms with Crippen LogP contribution in [0.5, 0.6) is 0 Å². The van der Waals surface area contributed by atoms with Gasteiger partial charge in [-0.05, 0) is 24.2 Å². The Bertz CT molecular complexity index is 290. The maximum atomic E-state index is 8.13. The molecule has 14 heavy (non-hydrogen) atoms. The van der Waals surface area contributed by atoms with Crippen LogP contribution in [0.2, 0.25) is 0 Å². The third-order valence-corrected chi connectivity index (χ3v) is 1.99. The molecule has 0 bridgehead atoms. The molecule has 0 saturated heterocycles. The summed E-state index contributed by atoms with van der Waals surface area (Å²) in [6.07, 6.45) is 1.66. The third-order valence-electron chi connectivity index (χ3n) is 1.99. The SMILES string of the molecule is CCN(CCN=[N+]=[N-])Cc1ccco1. The van der Waals surface area contributed by atoms with Crippen LogP contribution in [0.25, 0.3) is 10.4 Å². The Morgan fingerprint density at radius 1 is 1.64 bits per heavy atom. The third kappa shape index (κ3) is 3.51. The zero-order valence-corrected chi connectivity index (χ0v) is 8.26. The highest BCUT2D eigenvalue weighted by Gasteiger charge is 2.03. The highest BCUT2D eigenvalue weighted by Crippen LogP contribution is 2.04. The molecule has 0 spiro atoms. The Morgan fingerprint density at radius 2 is 2.50 bits per heavy atom. The van der Waals surface area contributed by atoms with Gasteiger partial charge in [-0.15, -0.1) is 0 Å². The number of furan rings is 1. The molecule has 0 saturated carbocycles. The van der Waals surface area contributed by atoms with Gasteiger partial charge in [0, 0.05) is 18.0 Å². The van der Waals surface area contributed by atoms with Crippen molar-refractivity contribution in [2.75, 3.05) is 19.6 Å². The van der Waals surface area contributed by atoms with Crippen LogP contribution < -0.4 is 0 Å². The Balaban J connectivity index is 2.35. The molecule has 0 unspecified atom stereocenters. The maximum absolute atomic E-state index is 8.13. The Morgan fingerprint density at radius 3 is 3.07 bits per heavy atom. The fraction of sp³-hybridized carbons (Fsp3) is 0.556. The number of azide groups is 1. The monoisotopic (exact) mass is 194 g/mol. The lowest BCUT2D eigenvalue weighted by molar-refractivity contribution is 0.262. The predicted octanol–water partition coefficient (Wildman–Crippen LogP) is 2.41. The first-order valence-corrected chi connectivity index (χ1v) is 4.62. The quantitative estimate of drug-likeness (QED) is 0.396.